The van der Waals surface area contributed by atoms with Crippen molar-refractivity contribution in [1.82, 2.24) is 0 Å². The number of rotatable bonds is 16. The standard InChI is InChI=1S/C39H40O3.C13H17F3O/c1-4-29(2)31-23-25-35(26-24-31)42-39(30(3)32-15-8-5-9-16-32)41-28-27-40-38-36(33-17-10-6-11-18-33)21-14-22-37(38)34-19-12-7-13-20-34;1-4-9(2)10-5-7-11(8-6-10)12(3,17)13(14,15)16/h5-26,29-30,39H,4,27-28H2,1-3H3;5-9,17H,4H2,1-3H3. The number of aliphatic hydroxyl groups is 1. The molecule has 6 rings (SSSR count). The van der Waals surface area contributed by atoms with Crippen molar-refractivity contribution < 1.29 is 32.5 Å². The summed E-state index contributed by atoms with van der Waals surface area (Å²) in [5.41, 5.74) is 4.90. The molecular weight excluding hydrogens is 746 g/mol. The molecule has 0 aromatic heterocycles. The van der Waals surface area contributed by atoms with Gasteiger partial charge in [-0.15, -0.1) is 0 Å². The zero-order chi connectivity index (χ0) is 42.4. The number of ether oxygens (including phenoxy) is 3. The summed E-state index contributed by atoms with van der Waals surface area (Å²) >= 11 is 0. The monoisotopic (exact) mass is 802 g/mol. The van der Waals surface area contributed by atoms with Gasteiger partial charge >= 0.3 is 6.18 Å². The molecule has 310 valence electrons. The molecule has 0 heterocycles. The second-order valence-electron chi connectivity index (χ2n) is 15.2. The molecule has 0 saturated carbocycles. The van der Waals surface area contributed by atoms with Gasteiger partial charge in [-0.1, -0.05) is 180 Å². The summed E-state index contributed by atoms with van der Waals surface area (Å²) in [6, 6.07) is 51.8. The smallest absolute Gasteiger partial charge is 0.421 e. The number of halogens is 3. The molecule has 6 aromatic rings. The lowest BCUT2D eigenvalue weighted by Gasteiger charge is -2.27. The Labute approximate surface area is 348 Å². The van der Waals surface area contributed by atoms with Crippen molar-refractivity contribution in [2.24, 2.45) is 0 Å². The largest absolute Gasteiger partial charge is 0.490 e. The van der Waals surface area contributed by atoms with Crippen molar-refractivity contribution in [1.29, 1.82) is 0 Å². The van der Waals surface area contributed by atoms with E-state index in [0.29, 0.717) is 25.0 Å². The average molecular weight is 803 g/mol. The number of hydrogen-bond acceptors (Lipinski definition) is 4. The van der Waals surface area contributed by atoms with E-state index in [1.165, 1.54) is 23.3 Å². The molecule has 0 radical (unpaired) electrons. The van der Waals surface area contributed by atoms with Gasteiger partial charge < -0.3 is 19.3 Å². The minimum Gasteiger partial charge on any atom is -0.490 e. The lowest BCUT2D eigenvalue weighted by atomic mass is 9.91. The van der Waals surface area contributed by atoms with Gasteiger partial charge in [0, 0.05) is 17.0 Å². The van der Waals surface area contributed by atoms with Crippen molar-refractivity contribution in [2.45, 2.75) is 90.2 Å². The summed E-state index contributed by atoms with van der Waals surface area (Å²) in [4.78, 5) is 0. The Morgan fingerprint density at radius 1 is 0.542 bits per heavy atom. The zero-order valence-corrected chi connectivity index (χ0v) is 35.0. The maximum absolute atomic E-state index is 12.6. The quantitative estimate of drug-likeness (QED) is 0.0782. The molecule has 0 spiro atoms. The van der Waals surface area contributed by atoms with E-state index in [-0.39, 0.29) is 11.5 Å². The normalized spacial score (nSPS) is 14.5. The lowest BCUT2D eigenvalue weighted by molar-refractivity contribution is -0.258. The predicted molar refractivity (Wildman–Crippen MR) is 234 cm³/mol. The third-order valence-electron chi connectivity index (χ3n) is 11.1. The highest BCUT2D eigenvalue weighted by Crippen LogP contribution is 2.40. The van der Waals surface area contributed by atoms with Crippen LogP contribution in [0.5, 0.6) is 11.5 Å². The molecule has 7 heteroatoms. The third kappa shape index (κ3) is 11.9. The Hall–Kier alpha value is -5.37. The van der Waals surface area contributed by atoms with Crippen LogP contribution < -0.4 is 9.47 Å². The zero-order valence-electron chi connectivity index (χ0n) is 35.0. The van der Waals surface area contributed by atoms with Crippen LogP contribution in [0.4, 0.5) is 13.2 Å². The maximum Gasteiger partial charge on any atom is 0.421 e. The average Bonchev–Trinajstić information content (AvgIpc) is 3.27. The van der Waals surface area contributed by atoms with E-state index in [1.807, 2.05) is 44.2 Å². The number of alkyl halides is 3. The number of benzene rings is 6. The summed E-state index contributed by atoms with van der Waals surface area (Å²) in [6.45, 7) is 12.2. The van der Waals surface area contributed by atoms with Gasteiger partial charge in [0.2, 0.25) is 6.29 Å². The minimum atomic E-state index is -4.66. The van der Waals surface area contributed by atoms with E-state index < -0.39 is 18.1 Å². The van der Waals surface area contributed by atoms with Gasteiger partial charge in [-0.3, -0.25) is 0 Å². The van der Waals surface area contributed by atoms with E-state index in [2.05, 4.69) is 124 Å². The summed E-state index contributed by atoms with van der Waals surface area (Å²) in [5, 5.41) is 9.48. The topological polar surface area (TPSA) is 47.9 Å². The van der Waals surface area contributed by atoms with E-state index >= 15 is 0 Å². The van der Waals surface area contributed by atoms with E-state index in [4.69, 9.17) is 14.2 Å². The highest BCUT2D eigenvalue weighted by Gasteiger charge is 2.51. The van der Waals surface area contributed by atoms with Crippen molar-refractivity contribution in [3.63, 3.8) is 0 Å². The number of hydrogen-bond donors (Lipinski definition) is 1. The first-order valence-electron chi connectivity index (χ1n) is 20.5. The molecule has 0 saturated heterocycles. The van der Waals surface area contributed by atoms with Crippen LogP contribution in [0.3, 0.4) is 0 Å². The highest BCUT2D eigenvalue weighted by molar-refractivity contribution is 5.82. The van der Waals surface area contributed by atoms with E-state index in [1.54, 1.807) is 12.1 Å². The Balaban J connectivity index is 0.000000327. The van der Waals surface area contributed by atoms with Crippen LogP contribution in [-0.2, 0) is 10.3 Å². The van der Waals surface area contributed by atoms with E-state index in [0.717, 1.165) is 59.1 Å². The highest BCUT2D eigenvalue weighted by atomic mass is 19.4. The lowest BCUT2D eigenvalue weighted by Crippen LogP contribution is -2.39. The fourth-order valence-electron chi connectivity index (χ4n) is 6.67. The first-order valence-corrected chi connectivity index (χ1v) is 20.5. The second kappa shape index (κ2) is 21.1. The molecular formula is C52H57F3O4. The van der Waals surface area contributed by atoms with Crippen LogP contribution in [0.15, 0.2) is 158 Å². The predicted octanol–water partition coefficient (Wildman–Crippen LogP) is 14.1. The Kier molecular flexibility index (Phi) is 16.0. The summed E-state index contributed by atoms with van der Waals surface area (Å²) < 4.78 is 57.2. The first kappa shape index (κ1) is 44.7. The van der Waals surface area contributed by atoms with Crippen molar-refractivity contribution in [3.8, 4) is 33.8 Å². The Morgan fingerprint density at radius 3 is 1.46 bits per heavy atom. The van der Waals surface area contributed by atoms with Crippen LogP contribution in [0.1, 0.15) is 94.4 Å². The van der Waals surface area contributed by atoms with Crippen LogP contribution in [0.25, 0.3) is 22.3 Å². The van der Waals surface area contributed by atoms with E-state index in [9.17, 15) is 18.3 Å². The Morgan fingerprint density at radius 2 is 1.00 bits per heavy atom. The van der Waals surface area contributed by atoms with Crippen molar-refractivity contribution in [2.75, 3.05) is 13.2 Å². The summed E-state index contributed by atoms with van der Waals surface area (Å²) in [7, 11) is 0. The number of para-hydroxylation sites is 1. The van der Waals surface area contributed by atoms with Crippen molar-refractivity contribution in [3.05, 3.63) is 180 Å². The van der Waals surface area contributed by atoms with Gasteiger partial charge in [-0.05, 0) is 77.1 Å². The molecule has 6 aromatic carbocycles. The molecule has 0 amide bonds. The molecule has 0 bridgehead atoms. The third-order valence-corrected chi connectivity index (χ3v) is 11.1. The van der Waals surface area contributed by atoms with Crippen LogP contribution >= 0.6 is 0 Å². The molecule has 4 nitrogen and oxygen atoms in total. The van der Waals surface area contributed by atoms with Gasteiger partial charge in [-0.2, -0.15) is 13.2 Å². The maximum atomic E-state index is 12.6. The molecule has 0 aliphatic carbocycles. The van der Waals surface area contributed by atoms with Crippen LogP contribution in [0.2, 0.25) is 0 Å². The fourth-order valence-corrected chi connectivity index (χ4v) is 6.67. The summed E-state index contributed by atoms with van der Waals surface area (Å²) in [6.07, 6.45) is -3.10. The molecule has 0 fully saturated rings. The van der Waals surface area contributed by atoms with Crippen LogP contribution in [0, 0.1) is 0 Å². The van der Waals surface area contributed by atoms with Crippen LogP contribution in [-0.4, -0.2) is 30.8 Å². The van der Waals surface area contributed by atoms with Gasteiger partial charge in [0.05, 0.1) is 6.61 Å². The second-order valence-corrected chi connectivity index (χ2v) is 15.2. The Bertz CT molecular complexity index is 2060. The molecule has 0 aliphatic rings. The van der Waals surface area contributed by atoms with Gasteiger partial charge in [-0.25, -0.2) is 0 Å². The minimum absolute atomic E-state index is 0.0249. The van der Waals surface area contributed by atoms with Gasteiger partial charge in [0.15, 0.2) is 5.60 Å². The molecule has 5 atom stereocenters. The molecule has 0 aliphatic heterocycles. The van der Waals surface area contributed by atoms with Crippen molar-refractivity contribution >= 4 is 0 Å². The SMILES string of the molecule is CCC(C)c1ccc(C(C)(O)C(F)(F)F)cc1.CCC(C)c1ccc(OC(OCCOc2c(-c3ccccc3)cccc2-c2ccccc2)C(C)c2ccccc2)cc1. The molecule has 59 heavy (non-hydrogen) atoms. The fraction of sp³-hybridized carbons (Fsp3) is 0.308. The summed E-state index contributed by atoms with van der Waals surface area (Å²) in [5.74, 6) is 2.51. The first-order chi connectivity index (χ1) is 28.3. The van der Waals surface area contributed by atoms with Gasteiger partial charge in [0.25, 0.3) is 0 Å². The van der Waals surface area contributed by atoms with Gasteiger partial charge in [0.1, 0.15) is 18.1 Å². The molecule has 1 N–H and O–H groups in total. The molecule has 5 unspecified atom stereocenters.